The van der Waals surface area contributed by atoms with Gasteiger partial charge in [-0.2, -0.15) is 0 Å². The zero-order chi connectivity index (χ0) is 25.6. The van der Waals surface area contributed by atoms with Crippen molar-refractivity contribution in [2.75, 3.05) is 30.4 Å². The van der Waals surface area contributed by atoms with Crippen LogP contribution in [0.4, 0.5) is 11.4 Å². The molecule has 1 N–H and O–H groups in total. The molecule has 0 saturated heterocycles. The minimum Gasteiger partial charge on any atom is -0.497 e. The van der Waals surface area contributed by atoms with Crippen molar-refractivity contribution in [3.8, 4) is 5.75 Å². The van der Waals surface area contributed by atoms with Crippen LogP contribution < -0.4 is 14.4 Å². The van der Waals surface area contributed by atoms with Crippen molar-refractivity contribution in [3.63, 3.8) is 0 Å². The van der Waals surface area contributed by atoms with Gasteiger partial charge in [0.1, 0.15) is 5.75 Å². The number of carbonyl (C=O) groups is 2. The molecule has 0 atom stereocenters. The maximum absolute atomic E-state index is 13.1. The first-order valence-corrected chi connectivity index (χ1v) is 12.4. The Morgan fingerprint density at radius 3 is 2.23 bits per heavy atom. The molecule has 0 unspecified atom stereocenters. The van der Waals surface area contributed by atoms with Crippen LogP contribution in [-0.4, -0.2) is 41.1 Å². The summed E-state index contributed by atoms with van der Waals surface area (Å²) in [6.45, 7) is 3.64. The van der Waals surface area contributed by atoms with E-state index in [0.29, 0.717) is 23.0 Å². The maximum Gasteiger partial charge on any atom is 0.338 e. The Bertz CT molecular complexity index is 1290. The molecule has 0 heterocycles. The number of carbonyl (C=O) groups excluding carboxylic acids is 2. The van der Waals surface area contributed by atoms with Crippen LogP contribution in [0.2, 0.25) is 0 Å². The van der Waals surface area contributed by atoms with Gasteiger partial charge in [-0.25, -0.2) is 13.2 Å². The highest BCUT2D eigenvalue weighted by Crippen LogP contribution is 2.25. The van der Waals surface area contributed by atoms with Crippen LogP contribution >= 0.6 is 0 Å². The van der Waals surface area contributed by atoms with E-state index in [1.54, 1.807) is 36.4 Å². The highest BCUT2D eigenvalue weighted by Gasteiger charge is 2.23. The second kappa shape index (κ2) is 11.1. The van der Waals surface area contributed by atoms with Crippen molar-refractivity contribution in [3.05, 3.63) is 83.9 Å². The third-order valence-electron chi connectivity index (χ3n) is 5.36. The molecule has 9 heteroatoms. The maximum atomic E-state index is 13.1. The van der Waals surface area contributed by atoms with Crippen LogP contribution in [0.25, 0.3) is 0 Å². The number of ether oxygens (including phenoxy) is 2. The minimum absolute atomic E-state index is 0.0169. The zero-order valence-electron chi connectivity index (χ0n) is 20.0. The van der Waals surface area contributed by atoms with Gasteiger partial charge in [0, 0.05) is 12.7 Å². The number of hydrogen-bond acceptors (Lipinski definition) is 6. The Labute approximate surface area is 205 Å². The number of nitrogens with one attached hydrogen (secondary N) is 1. The van der Waals surface area contributed by atoms with Crippen molar-refractivity contribution in [2.24, 2.45) is 0 Å². The lowest BCUT2D eigenvalue weighted by Crippen LogP contribution is -2.26. The first-order chi connectivity index (χ1) is 16.6. The lowest BCUT2D eigenvalue weighted by Gasteiger charge is -2.20. The van der Waals surface area contributed by atoms with E-state index in [0.717, 1.165) is 9.87 Å². The Balaban J connectivity index is 1.64. The summed E-state index contributed by atoms with van der Waals surface area (Å²) in [5.74, 6) is -0.338. The summed E-state index contributed by atoms with van der Waals surface area (Å²) in [5.41, 5.74) is 2.17. The first-order valence-electron chi connectivity index (χ1n) is 10.9. The molecule has 3 aromatic rings. The second-order valence-electron chi connectivity index (χ2n) is 8.10. The SMILES string of the molecule is COc1ccc(N(C)S(=O)(=O)c2cccc(C(=O)OCC(=O)Nc3ccc(C(C)C)cc3)c2)cc1. The highest BCUT2D eigenvalue weighted by atomic mass is 32.2. The predicted molar refractivity (Wildman–Crippen MR) is 134 cm³/mol. The molecule has 0 bridgehead atoms. The normalized spacial score (nSPS) is 11.1. The van der Waals surface area contributed by atoms with E-state index in [-0.39, 0.29) is 10.5 Å². The van der Waals surface area contributed by atoms with Crippen molar-refractivity contribution in [2.45, 2.75) is 24.7 Å². The fourth-order valence-corrected chi connectivity index (χ4v) is 4.48. The number of anilines is 2. The molecule has 0 aliphatic carbocycles. The standard InChI is InChI=1S/C26H28N2O6S/c1-18(2)19-8-10-21(11-9-19)27-25(29)17-34-26(30)20-6-5-7-24(16-20)35(31,32)28(3)22-12-14-23(33-4)15-13-22/h5-16,18H,17H2,1-4H3,(H,27,29). The molecular formula is C26H28N2O6S. The number of hydrogen-bond donors (Lipinski definition) is 1. The van der Waals surface area contributed by atoms with Crippen LogP contribution in [0.3, 0.4) is 0 Å². The Morgan fingerprint density at radius 2 is 1.63 bits per heavy atom. The summed E-state index contributed by atoms with van der Waals surface area (Å²) in [5, 5.41) is 2.66. The first kappa shape index (κ1) is 25.8. The van der Waals surface area contributed by atoms with Gasteiger partial charge in [-0.1, -0.05) is 32.0 Å². The lowest BCUT2D eigenvalue weighted by molar-refractivity contribution is -0.119. The molecule has 3 aromatic carbocycles. The average Bonchev–Trinajstić information content (AvgIpc) is 2.87. The quantitative estimate of drug-likeness (QED) is 0.440. The molecule has 184 valence electrons. The van der Waals surface area contributed by atoms with Crippen molar-refractivity contribution in [1.29, 1.82) is 0 Å². The molecule has 3 rings (SSSR count). The molecule has 35 heavy (non-hydrogen) atoms. The van der Waals surface area contributed by atoms with Crippen LogP contribution in [0.5, 0.6) is 5.75 Å². The molecule has 0 saturated carbocycles. The van der Waals surface area contributed by atoms with Gasteiger partial charge in [0.25, 0.3) is 15.9 Å². The third-order valence-corrected chi connectivity index (χ3v) is 7.14. The summed E-state index contributed by atoms with van der Waals surface area (Å²) in [4.78, 5) is 24.6. The Morgan fingerprint density at radius 1 is 0.971 bits per heavy atom. The summed E-state index contributed by atoms with van der Waals surface area (Å²) in [7, 11) is -1.01. The van der Waals surface area contributed by atoms with E-state index in [4.69, 9.17) is 9.47 Å². The minimum atomic E-state index is -3.94. The van der Waals surface area contributed by atoms with Gasteiger partial charge in [-0.05, 0) is 66.1 Å². The molecule has 0 fully saturated rings. The summed E-state index contributed by atoms with van der Waals surface area (Å²) in [6.07, 6.45) is 0. The topological polar surface area (TPSA) is 102 Å². The van der Waals surface area contributed by atoms with E-state index in [1.165, 1.54) is 38.4 Å². The second-order valence-corrected chi connectivity index (χ2v) is 10.1. The van der Waals surface area contributed by atoms with Crippen LogP contribution in [0.15, 0.2) is 77.7 Å². The largest absolute Gasteiger partial charge is 0.497 e. The van der Waals surface area contributed by atoms with Crippen molar-refractivity contribution in [1.82, 2.24) is 0 Å². The number of nitrogens with zero attached hydrogens (tertiary/aromatic N) is 1. The van der Waals surface area contributed by atoms with Gasteiger partial charge in [-0.15, -0.1) is 0 Å². The van der Waals surface area contributed by atoms with Gasteiger partial charge in [0.15, 0.2) is 6.61 Å². The van der Waals surface area contributed by atoms with Crippen molar-refractivity contribution < 1.29 is 27.5 Å². The molecule has 0 radical (unpaired) electrons. The number of esters is 1. The van der Waals surface area contributed by atoms with Gasteiger partial charge < -0.3 is 14.8 Å². The fraction of sp³-hybridized carbons (Fsp3) is 0.231. The number of sulfonamides is 1. The average molecular weight is 497 g/mol. The number of amides is 1. The van der Waals surface area contributed by atoms with E-state index >= 15 is 0 Å². The Hall–Kier alpha value is -3.85. The van der Waals surface area contributed by atoms with E-state index < -0.39 is 28.5 Å². The molecule has 0 spiro atoms. The molecule has 0 aromatic heterocycles. The van der Waals surface area contributed by atoms with E-state index in [9.17, 15) is 18.0 Å². The van der Waals surface area contributed by atoms with Crippen LogP contribution in [-0.2, 0) is 19.6 Å². The number of rotatable bonds is 9. The predicted octanol–water partition coefficient (Wildman–Crippen LogP) is 4.44. The monoisotopic (exact) mass is 496 g/mol. The fourth-order valence-electron chi connectivity index (χ4n) is 3.24. The van der Waals surface area contributed by atoms with Crippen molar-refractivity contribution >= 4 is 33.3 Å². The molecular weight excluding hydrogens is 468 g/mol. The summed E-state index contributed by atoms with van der Waals surface area (Å²) in [6, 6.07) is 19.4. The Kier molecular flexibility index (Phi) is 8.14. The van der Waals surface area contributed by atoms with E-state index in [1.807, 2.05) is 12.1 Å². The number of methoxy groups -OCH3 is 1. The van der Waals surface area contributed by atoms with Gasteiger partial charge in [-0.3, -0.25) is 9.10 Å². The lowest BCUT2D eigenvalue weighted by atomic mass is 10.0. The van der Waals surface area contributed by atoms with Crippen LogP contribution in [0.1, 0.15) is 35.7 Å². The summed E-state index contributed by atoms with van der Waals surface area (Å²) >= 11 is 0. The number of benzene rings is 3. The molecule has 0 aliphatic heterocycles. The van der Waals surface area contributed by atoms with Crippen LogP contribution in [0, 0.1) is 0 Å². The van der Waals surface area contributed by atoms with Gasteiger partial charge >= 0.3 is 5.97 Å². The smallest absolute Gasteiger partial charge is 0.338 e. The molecule has 1 amide bonds. The third kappa shape index (κ3) is 6.39. The zero-order valence-corrected chi connectivity index (χ0v) is 20.8. The molecule has 8 nitrogen and oxygen atoms in total. The van der Waals surface area contributed by atoms with Gasteiger partial charge in [0.2, 0.25) is 0 Å². The summed E-state index contributed by atoms with van der Waals surface area (Å²) < 4.78 is 37.4. The highest BCUT2D eigenvalue weighted by molar-refractivity contribution is 7.92. The molecule has 0 aliphatic rings. The van der Waals surface area contributed by atoms with Gasteiger partial charge in [0.05, 0.1) is 23.3 Å². The van der Waals surface area contributed by atoms with E-state index in [2.05, 4.69) is 19.2 Å².